The Morgan fingerprint density at radius 2 is 1.86 bits per heavy atom. The van der Waals surface area contributed by atoms with Crippen LogP contribution < -0.4 is 0 Å². The molecule has 1 heterocycles. The molecule has 102 valence electrons. The highest BCUT2D eigenvalue weighted by Gasteiger charge is 2.04. The third-order valence-corrected chi connectivity index (χ3v) is 3.32. The minimum absolute atomic E-state index is 0.836. The summed E-state index contributed by atoms with van der Waals surface area (Å²) in [6, 6.07) is 16.1. The van der Waals surface area contributed by atoms with Crippen molar-refractivity contribution in [2.45, 2.75) is 0 Å². The second kappa shape index (κ2) is 5.59. The Hall–Kier alpha value is -2.94. The predicted octanol–water partition coefficient (Wildman–Crippen LogP) is 4.00. The first-order valence-electron chi connectivity index (χ1n) is 6.58. The van der Waals surface area contributed by atoms with Gasteiger partial charge in [-0.2, -0.15) is 0 Å². The molecule has 3 nitrogen and oxygen atoms in total. The summed E-state index contributed by atoms with van der Waals surface area (Å²) < 4.78 is 0. The molecule has 0 saturated heterocycles. The summed E-state index contributed by atoms with van der Waals surface area (Å²) in [5, 5.41) is 11.1. The third-order valence-electron chi connectivity index (χ3n) is 3.32. The monoisotopic (exact) mass is 275 g/mol. The Morgan fingerprint density at radius 3 is 2.67 bits per heavy atom. The molecular weight excluding hydrogens is 262 g/mol. The fourth-order valence-electron chi connectivity index (χ4n) is 2.31. The second-order valence-electron chi connectivity index (χ2n) is 4.70. The zero-order valence-electron chi connectivity index (χ0n) is 11.2. The van der Waals surface area contributed by atoms with E-state index in [-0.39, 0.29) is 0 Å². The fraction of sp³-hybridized carbons (Fsp3) is 0. The van der Waals surface area contributed by atoms with Gasteiger partial charge in [-0.25, -0.2) is 4.79 Å². The Balaban J connectivity index is 2.12. The van der Waals surface area contributed by atoms with E-state index < -0.39 is 5.97 Å². The average Bonchev–Trinajstić information content (AvgIpc) is 2.52. The van der Waals surface area contributed by atoms with Gasteiger partial charge >= 0.3 is 5.97 Å². The van der Waals surface area contributed by atoms with Crippen LogP contribution in [0.25, 0.3) is 28.0 Å². The summed E-state index contributed by atoms with van der Waals surface area (Å²) in [7, 11) is 0. The van der Waals surface area contributed by atoms with E-state index in [1.165, 1.54) is 5.39 Å². The van der Waals surface area contributed by atoms with Crippen molar-refractivity contribution in [2.24, 2.45) is 0 Å². The summed E-state index contributed by atoms with van der Waals surface area (Å²) in [6.07, 6.45) is 6.14. The maximum atomic E-state index is 10.7. The Kier molecular flexibility index (Phi) is 3.48. The molecule has 0 aliphatic rings. The van der Waals surface area contributed by atoms with E-state index >= 15 is 0 Å². The summed E-state index contributed by atoms with van der Waals surface area (Å²) in [6.45, 7) is 0. The highest BCUT2D eigenvalue weighted by Crippen LogP contribution is 2.27. The molecule has 3 heteroatoms. The van der Waals surface area contributed by atoms with Gasteiger partial charge in [0.25, 0.3) is 0 Å². The van der Waals surface area contributed by atoms with Crippen LogP contribution in [0, 0.1) is 0 Å². The molecule has 3 aromatic rings. The number of nitrogens with zero attached hydrogens (tertiary/aromatic N) is 1. The molecule has 0 radical (unpaired) electrons. The SMILES string of the molecule is O=C(O)/C=C/c1ccncc1-c1ccc2ccccc2c1. The van der Waals surface area contributed by atoms with Crippen LogP contribution in [0.3, 0.4) is 0 Å². The lowest BCUT2D eigenvalue weighted by molar-refractivity contribution is -0.131. The Labute approximate surface area is 122 Å². The van der Waals surface area contributed by atoms with Crippen LogP contribution in [0.1, 0.15) is 5.56 Å². The van der Waals surface area contributed by atoms with Crippen LogP contribution in [0.4, 0.5) is 0 Å². The standard InChI is InChI=1S/C18H13NO2/c20-18(21)8-7-14-9-10-19-12-17(14)16-6-5-13-3-1-2-4-15(13)11-16/h1-12H,(H,20,21)/b8-7+. The molecule has 0 bridgehead atoms. The van der Waals surface area contributed by atoms with Gasteiger partial charge < -0.3 is 5.11 Å². The molecule has 0 unspecified atom stereocenters. The molecular formula is C18H13NO2. The van der Waals surface area contributed by atoms with Crippen molar-refractivity contribution in [3.05, 3.63) is 72.6 Å². The van der Waals surface area contributed by atoms with Gasteiger partial charge in [0.2, 0.25) is 0 Å². The van der Waals surface area contributed by atoms with Gasteiger partial charge in [0.05, 0.1) is 0 Å². The maximum Gasteiger partial charge on any atom is 0.328 e. The summed E-state index contributed by atoms with van der Waals surface area (Å²) in [5.74, 6) is -0.962. The number of hydrogen-bond donors (Lipinski definition) is 1. The number of fused-ring (bicyclic) bond motifs is 1. The van der Waals surface area contributed by atoms with E-state index in [0.29, 0.717) is 0 Å². The zero-order valence-corrected chi connectivity index (χ0v) is 11.2. The van der Waals surface area contributed by atoms with Gasteiger partial charge in [0, 0.05) is 24.0 Å². The topological polar surface area (TPSA) is 50.2 Å². The number of hydrogen-bond acceptors (Lipinski definition) is 2. The van der Waals surface area contributed by atoms with Crippen LogP contribution in [0.2, 0.25) is 0 Å². The van der Waals surface area contributed by atoms with Crippen molar-refractivity contribution < 1.29 is 9.90 Å². The van der Waals surface area contributed by atoms with Crippen LogP contribution in [0.15, 0.2) is 67.0 Å². The number of benzene rings is 2. The molecule has 0 atom stereocenters. The van der Waals surface area contributed by atoms with Gasteiger partial charge in [-0.1, -0.05) is 36.4 Å². The van der Waals surface area contributed by atoms with Gasteiger partial charge in [-0.05, 0) is 40.1 Å². The lowest BCUT2D eigenvalue weighted by atomic mass is 9.99. The molecule has 0 aliphatic carbocycles. The van der Waals surface area contributed by atoms with Crippen molar-refractivity contribution in [3.63, 3.8) is 0 Å². The quantitative estimate of drug-likeness (QED) is 0.735. The van der Waals surface area contributed by atoms with Gasteiger partial charge in [-0.3, -0.25) is 4.98 Å². The minimum atomic E-state index is -0.962. The second-order valence-corrected chi connectivity index (χ2v) is 4.70. The van der Waals surface area contributed by atoms with Crippen molar-refractivity contribution in [3.8, 4) is 11.1 Å². The van der Waals surface area contributed by atoms with Gasteiger partial charge in [0.1, 0.15) is 0 Å². The molecule has 1 aromatic heterocycles. The van der Waals surface area contributed by atoms with Crippen molar-refractivity contribution >= 4 is 22.8 Å². The van der Waals surface area contributed by atoms with Crippen LogP contribution in [0.5, 0.6) is 0 Å². The van der Waals surface area contributed by atoms with Crippen LogP contribution in [-0.4, -0.2) is 16.1 Å². The molecule has 0 amide bonds. The minimum Gasteiger partial charge on any atom is -0.478 e. The Morgan fingerprint density at radius 1 is 1.05 bits per heavy atom. The van der Waals surface area contributed by atoms with Crippen molar-refractivity contribution in [2.75, 3.05) is 0 Å². The fourth-order valence-corrected chi connectivity index (χ4v) is 2.31. The number of carboxylic acids is 1. The number of carbonyl (C=O) groups is 1. The average molecular weight is 275 g/mol. The van der Waals surface area contributed by atoms with E-state index in [4.69, 9.17) is 5.11 Å². The van der Waals surface area contributed by atoms with E-state index in [9.17, 15) is 4.79 Å². The zero-order chi connectivity index (χ0) is 14.7. The molecule has 3 rings (SSSR count). The van der Waals surface area contributed by atoms with E-state index in [1.807, 2.05) is 24.3 Å². The van der Waals surface area contributed by atoms with Crippen molar-refractivity contribution in [1.29, 1.82) is 0 Å². The number of pyridine rings is 1. The first-order chi connectivity index (χ1) is 10.2. The lowest BCUT2D eigenvalue weighted by Gasteiger charge is -2.07. The van der Waals surface area contributed by atoms with E-state index in [1.54, 1.807) is 18.5 Å². The molecule has 2 aromatic carbocycles. The normalized spacial score (nSPS) is 11.0. The first kappa shape index (κ1) is 13.1. The Bertz CT molecular complexity index is 837. The third kappa shape index (κ3) is 2.82. The van der Waals surface area contributed by atoms with Crippen molar-refractivity contribution in [1.82, 2.24) is 4.98 Å². The first-order valence-corrected chi connectivity index (χ1v) is 6.58. The highest BCUT2D eigenvalue weighted by atomic mass is 16.4. The number of rotatable bonds is 3. The van der Waals surface area contributed by atoms with Crippen LogP contribution >= 0.6 is 0 Å². The van der Waals surface area contributed by atoms with Crippen LogP contribution in [-0.2, 0) is 4.79 Å². The van der Waals surface area contributed by atoms with Gasteiger partial charge in [-0.15, -0.1) is 0 Å². The molecule has 21 heavy (non-hydrogen) atoms. The molecule has 0 spiro atoms. The predicted molar refractivity (Wildman–Crippen MR) is 83.8 cm³/mol. The summed E-state index contributed by atoms with van der Waals surface area (Å²) in [4.78, 5) is 14.8. The van der Waals surface area contributed by atoms with E-state index in [2.05, 4.69) is 29.2 Å². The van der Waals surface area contributed by atoms with E-state index in [0.717, 1.165) is 28.2 Å². The lowest BCUT2D eigenvalue weighted by Crippen LogP contribution is -1.89. The van der Waals surface area contributed by atoms with Gasteiger partial charge in [0.15, 0.2) is 0 Å². The number of aliphatic carboxylic acids is 1. The molecule has 0 fully saturated rings. The highest BCUT2D eigenvalue weighted by molar-refractivity contribution is 5.91. The molecule has 0 saturated carbocycles. The summed E-state index contributed by atoms with van der Waals surface area (Å²) in [5.41, 5.74) is 2.77. The summed E-state index contributed by atoms with van der Waals surface area (Å²) >= 11 is 0. The molecule has 1 N–H and O–H groups in total. The molecule has 0 aliphatic heterocycles. The number of aromatic nitrogens is 1. The largest absolute Gasteiger partial charge is 0.478 e. The smallest absolute Gasteiger partial charge is 0.328 e. The maximum absolute atomic E-state index is 10.7. The number of carboxylic acid groups (broad SMARTS) is 1.